The minimum atomic E-state index is -0.921. The molecule has 4 atom stereocenters. The van der Waals surface area contributed by atoms with Crippen molar-refractivity contribution in [1.82, 2.24) is 0 Å². The molecule has 2 fully saturated rings. The van der Waals surface area contributed by atoms with Gasteiger partial charge in [-0.1, -0.05) is 42.7 Å². The molecule has 0 saturated heterocycles. The number of benzene rings is 2. The second-order valence-electron chi connectivity index (χ2n) is 9.45. The van der Waals surface area contributed by atoms with Crippen molar-refractivity contribution >= 4 is 0 Å². The van der Waals surface area contributed by atoms with Crippen molar-refractivity contribution in [1.29, 1.82) is 0 Å². The molecule has 2 aliphatic carbocycles. The third kappa shape index (κ3) is 5.41. The first-order chi connectivity index (χ1) is 16.5. The molecule has 0 bridgehead atoms. The highest BCUT2D eigenvalue weighted by atomic mass is 19.2. The number of halogens is 3. The smallest absolute Gasteiger partial charge is 0.174 e. The van der Waals surface area contributed by atoms with Crippen molar-refractivity contribution in [3.05, 3.63) is 89.3 Å². The lowest BCUT2D eigenvalue weighted by atomic mass is 9.64. The zero-order valence-electron chi connectivity index (χ0n) is 19.6. The summed E-state index contributed by atoms with van der Waals surface area (Å²) in [5.41, 5.74) is 0.806. The summed E-state index contributed by atoms with van der Waals surface area (Å²) in [5.74, 6) is 5.20. The average molecular weight is 465 g/mol. The summed E-state index contributed by atoms with van der Waals surface area (Å²) in [6, 6.07) is 7.50. The molecule has 178 valence electrons. The van der Waals surface area contributed by atoms with Crippen molar-refractivity contribution in [2.24, 2.45) is 17.8 Å². The predicted molar refractivity (Wildman–Crippen MR) is 130 cm³/mol. The van der Waals surface area contributed by atoms with Crippen LogP contribution in [-0.4, -0.2) is 6.61 Å². The molecule has 1 nitrogen and oxygen atoms in total. The van der Waals surface area contributed by atoms with Crippen molar-refractivity contribution < 1.29 is 17.9 Å². The maximum Gasteiger partial charge on any atom is 0.174 e. The molecular formula is C30H31F3O. The molecule has 0 spiro atoms. The second kappa shape index (κ2) is 11.0. The predicted octanol–water partition coefficient (Wildman–Crippen LogP) is 7.94. The van der Waals surface area contributed by atoms with E-state index in [1.54, 1.807) is 18.2 Å². The van der Waals surface area contributed by atoms with Crippen LogP contribution in [-0.2, 0) is 0 Å². The van der Waals surface area contributed by atoms with Gasteiger partial charge in [0, 0.05) is 5.56 Å². The summed E-state index contributed by atoms with van der Waals surface area (Å²) in [5, 5.41) is 0. The number of rotatable bonds is 5. The Hall–Kier alpha value is -2.93. The molecule has 34 heavy (non-hydrogen) atoms. The molecule has 0 N–H and O–H groups in total. The molecule has 2 aromatic carbocycles. The molecular weight excluding hydrogens is 433 g/mol. The number of fused-ring (bicyclic) bond motifs is 1. The minimum absolute atomic E-state index is 0.0193. The first-order valence-corrected chi connectivity index (χ1v) is 12.2. The maximum atomic E-state index is 15.1. The van der Waals surface area contributed by atoms with E-state index in [1.807, 2.05) is 0 Å². The van der Waals surface area contributed by atoms with E-state index >= 15 is 4.39 Å². The van der Waals surface area contributed by atoms with Crippen molar-refractivity contribution in [3.63, 3.8) is 0 Å². The maximum absolute atomic E-state index is 15.1. The summed E-state index contributed by atoms with van der Waals surface area (Å²) in [4.78, 5) is 0. The molecule has 0 radical (unpaired) electrons. The van der Waals surface area contributed by atoms with E-state index in [-0.39, 0.29) is 23.8 Å². The van der Waals surface area contributed by atoms with E-state index in [2.05, 4.69) is 37.5 Å². The normalized spacial score (nSPS) is 24.2. The Morgan fingerprint density at radius 2 is 1.76 bits per heavy atom. The molecule has 2 saturated carbocycles. The van der Waals surface area contributed by atoms with Crippen molar-refractivity contribution in [2.75, 3.05) is 6.61 Å². The number of ether oxygens (including phenoxy) is 1. The van der Waals surface area contributed by atoms with E-state index in [1.165, 1.54) is 31.1 Å². The third-order valence-electron chi connectivity index (χ3n) is 7.30. The fraction of sp³-hybridized carbons (Fsp3) is 0.400. The van der Waals surface area contributed by atoms with E-state index in [4.69, 9.17) is 4.74 Å². The van der Waals surface area contributed by atoms with Gasteiger partial charge in [0.15, 0.2) is 23.2 Å². The first-order valence-electron chi connectivity index (χ1n) is 12.2. The van der Waals surface area contributed by atoms with Gasteiger partial charge >= 0.3 is 0 Å². The van der Waals surface area contributed by atoms with E-state index in [9.17, 15) is 8.78 Å². The Balaban J connectivity index is 1.46. The zero-order valence-corrected chi connectivity index (χ0v) is 19.6. The summed E-state index contributed by atoms with van der Waals surface area (Å²) >= 11 is 0. The second-order valence-corrected chi connectivity index (χ2v) is 9.45. The summed E-state index contributed by atoms with van der Waals surface area (Å²) in [7, 11) is 0. The van der Waals surface area contributed by atoms with Crippen LogP contribution in [0.5, 0.6) is 5.75 Å². The topological polar surface area (TPSA) is 9.23 Å². The number of hydrogen-bond donors (Lipinski definition) is 0. The average Bonchev–Trinajstić information content (AvgIpc) is 2.84. The van der Waals surface area contributed by atoms with E-state index in [0.717, 1.165) is 25.7 Å². The molecule has 0 aromatic heterocycles. The fourth-order valence-electron chi connectivity index (χ4n) is 5.61. The quantitative estimate of drug-likeness (QED) is 0.322. The van der Waals surface area contributed by atoms with Gasteiger partial charge < -0.3 is 4.74 Å². The van der Waals surface area contributed by atoms with E-state index in [0.29, 0.717) is 28.9 Å². The minimum Gasteiger partial charge on any atom is -0.486 e. The standard InChI is InChI=1S/C30H31F3O/c1-3-5-20-7-10-24-19-25(12-11-23(24)17-20)26-14-13-22(29(32)30(26)33)9-6-21-8-15-28(27(31)18-21)34-16-4-2/h3-5,8,13-15,18,20,23-25H,2,7,10-12,16-17,19H2,1H3/b5-3+. The Labute approximate surface area is 200 Å². The Bertz CT molecular complexity index is 1120. The first kappa shape index (κ1) is 24.2. The summed E-state index contributed by atoms with van der Waals surface area (Å²) in [6.07, 6.45) is 12.4. The lowest BCUT2D eigenvalue weighted by molar-refractivity contribution is 0.132. The Morgan fingerprint density at radius 1 is 0.971 bits per heavy atom. The monoisotopic (exact) mass is 464 g/mol. The Morgan fingerprint density at radius 3 is 2.53 bits per heavy atom. The van der Waals surface area contributed by atoms with Gasteiger partial charge in [0.05, 0.1) is 5.56 Å². The van der Waals surface area contributed by atoms with Crippen LogP contribution in [0, 0.1) is 47.0 Å². The molecule has 2 aliphatic rings. The van der Waals surface area contributed by atoms with Gasteiger partial charge in [-0.25, -0.2) is 13.2 Å². The third-order valence-corrected chi connectivity index (χ3v) is 7.30. The van der Waals surface area contributed by atoms with Crippen LogP contribution in [0.4, 0.5) is 13.2 Å². The van der Waals surface area contributed by atoms with Gasteiger partial charge in [0.1, 0.15) is 6.61 Å². The summed E-state index contributed by atoms with van der Waals surface area (Å²) < 4.78 is 49.3. The highest BCUT2D eigenvalue weighted by Crippen LogP contribution is 2.48. The SMILES string of the molecule is C=CCOc1ccc(C#Cc2ccc(C3CCC4CC(/C=C/C)CCC4C3)c(F)c2F)cc1F. The highest BCUT2D eigenvalue weighted by molar-refractivity contribution is 5.46. The largest absolute Gasteiger partial charge is 0.486 e. The van der Waals surface area contributed by atoms with Crippen molar-refractivity contribution in [2.45, 2.75) is 51.4 Å². The van der Waals surface area contributed by atoms with Crippen LogP contribution in [0.2, 0.25) is 0 Å². The molecule has 4 heteroatoms. The molecule has 0 aliphatic heterocycles. The van der Waals surface area contributed by atoms with Gasteiger partial charge in [-0.2, -0.15) is 0 Å². The summed E-state index contributed by atoms with van der Waals surface area (Å²) in [6.45, 7) is 5.79. The molecule has 4 unspecified atom stereocenters. The molecule has 4 rings (SSSR count). The molecule has 0 amide bonds. The van der Waals surface area contributed by atoms with Gasteiger partial charge in [-0.3, -0.25) is 0 Å². The lowest BCUT2D eigenvalue weighted by Gasteiger charge is -2.41. The van der Waals surface area contributed by atoms with Crippen LogP contribution in [0.15, 0.2) is 55.1 Å². The fourth-order valence-corrected chi connectivity index (χ4v) is 5.61. The van der Waals surface area contributed by atoms with Crippen LogP contribution in [0.3, 0.4) is 0 Å². The van der Waals surface area contributed by atoms with Crippen LogP contribution < -0.4 is 4.74 Å². The van der Waals surface area contributed by atoms with Gasteiger partial charge in [0.2, 0.25) is 0 Å². The van der Waals surface area contributed by atoms with E-state index < -0.39 is 17.5 Å². The Kier molecular flexibility index (Phi) is 7.83. The zero-order chi connectivity index (χ0) is 24.1. The number of allylic oxidation sites excluding steroid dienone is 2. The highest BCUT2D eigenvalue weighted by Gasteiger charge is 2.36. The van der Waals surface area contributed by atoms with Crippen molar-refractivity contribution in [3.8, 4) is 17.6 Å². The van der Waals surface area contributed by atoms with Gasteiger partial charge in [-0.15, -0.1) is 0 Å². The molecule has 0 heterocycles. The molecule has 2 aromatic rings. The van der Waals surface area contributed by atoms with Crippen LogP contribution in [0.1, 0.15) is 68.1 Å². The van der Waals surface area contributed by atoms with Gasteiger partial charge in [-0.05, 0) is 98.9 Å². The number of hydrogen-bond acceptors (Lipinski definition) is 1. The lowest BCUT2D eigenvalue weighted by Crippen LogP contribution is -2.30. The van der Waals surface area contributed by atoms with Gasteiger partial charge in [0.25, 0.3) is 0 Å². The van der Waals surface area contributed by atoms with Crippen LogP contribution in [0.25, 0.3) is 0 Å². The van der Waals surface area contributed by atoms with Crippen LogP contribution >= 0.6 is 0 Å².